The van der Waals surface area contributed by atoms with Crippen LogP contribution in [0.1, 0.15) is 44.9 Å². The minimum Gasteiger partial charge on any atom is -1.00 e. The predicted molar refractivity (Wildman–Crippen MR) is 88.1 cm³/mol. The molecule has 0 unspecified atom stereocenters. The summed E-state index contributed by atoms with van der Waals surface area (Å²) in [7, 11) is 0. The van der Waals surface area contributed by atoms with Crippen LogP contribution in [0.2, 0.25) is 0 Å². The largest absolute Gasteiger partial charge is 1.00 e. The molecule has 1 fully saturated rings. The summed E-state index contributed by atoms with van der Waals surface area (Å²) in [4.78, 5) is 22.5. The van der Waals surface area contributed by atoms with Gasteiger partial charge in [-0.2, -0.15) is 9.36 Å². The van der Waals surface area contributed by atoms with Crippen LogP contribution in [0.25, 0.3) is 5.69 Å². The third-order valence-electron chi connectivity index (χ3n) is 4.65. The Morgan fingerprint density at radius 1 is 1.12 bits per heavy atom. The molecule has 0 aliphatic heterocycles. The summed E-state index contributed by atoms with van der Waals surface area (Å²) < 4.78 is 2.54. The fourth-order valence-corrected chi connectivity index (χ4v) is 3.30. The molecule has 0 saturated heterocycles. The van der Waals surface area contributed by atoms with Gasteiger partial charge in [-0.15, -0.1) is 0 Å². The molecule has 0 N–H and O–H groups in total. The van der Waals surface area contributed by atoms with Crippen LogP contribution in [-0.4, -0.2) is 24.7 Å². The van der Waals surface area contributed by atoms with Crippen molar-refractivity contribution in [1.29, 1.82) is 0 Å². The Kier molecular flexibility index (Phi) is 9.98. The quantitative estimate of drug-likeness (QED) is 0.187. The molecule has 1 heterocycles. The average molecular weight is 481 g/mol. The summed E-state index contributed by atoms with van der Waals surface area (Å²) in [6.07, 6.45) is 8.62. The second-order valence-electron chi connectivity index (χ2n) is 6.32. The number of halogens is 1. The molecule has 1 aliphatic carbocycles. The van der Waals surface area contributed by atoms with Crippen molar-refractivity contribution in [2.24, 2.45) is 5.92 Å². The number of hydrogen-bond acceptors (Lipinski definition) is 5. The van der Waals surface area contributed by atoms with Gasteiger partial charge in [-0.25, -0.2) is 4.79 Å². The van der Waals surface area contributed by atoms with Gasteiger partial charge in [0.25, 0.3) is 5.69 Å². The summed E-state index contributed by atoms with van der Waals surface area (Å²) in [5, 5.41) is 18.5. The molecule has 0 bridgehead atoms. The average Bonchev–Trinajstić information content (AvgIpc) is 2.97. The molecular weight excluding hydrogens is 460 g/mol. The number of nitrogens with zero attached hydrogens (tertiary/aromatic N) is 5. The summed E-state index contributed by atoms with van der Waals surface area (Å²) in [6, 6.07) is 5.70. The van der Waals surface area contributed by atoms with Crippen LogP contribution >= 0.6 is 0 Å². The van der Waals surface area contributed by atoms with E-state index in [0.29, 0.717) is 12.2 Å². The number of nitro groups is 1. The van der Waals surface area contributed by atoms with E-state index >= 15 is 0 Å². The first-order valence-electron chi connectivity index (χ1n) is 8.43. The topological polar surface area (TPSA) is 95.8 Å². The van der Waals surface area contributed by atoms with Crippen molar-refractivity contribution in [2.45, 2.75) is 51.5 Å². The molecule has 26 heavy (non-hydrogen) atoms. The van der Waals surface area contributed by atoms with Crippen LogP contribution in [0.4, 0.5) is 5.69 Å². The van der Waals surface area contributed by atoms with Gasteiger partial charge >= 0.3 is 35.2 Å². The van der Waals surface area contributed by atoms with E-state index in [1.165, 1.54) is 65.7 Å². The fraction of sp³-hybridized carbons (Fsp3) is 0.562. The molecule has 8 nitrogen and oxygen atoms in total. The van der Waals surface area contributed by atoms with Gasteiger partial charge in [0.05, 0.1) is 10.6 Å². The fourth-order valence-electron chi connectivity index (χ4n) is 3.30. The molecule has 2 aromatic rings. The molecule has 136 valence electrons. The molecule has 10 heteroatoms. The van der Waals surface area contributed by atoms with Crippen LogP contribution in [0, 0.1) is 16.0 Å². The third-order valence-corrected chi connectivity index (χ3v) is 4.65. The van der Waals surface area contributed by atoms with E-state index in [0.717, 1.165) is 18.8 Å². The maximum atomic E-state index is 12.3. The number of benzene rings is 1. The minimum atomic E-state index is -0.478. The second-order valence-corrected chi connectivity index (χ2v) is 6.32. The Bertz CT molecular complexity index is 756. The van der Waals surface area contributed by atoms with Crippen molar-refractivity contribution in [3.05, 3.63) is 44.9 Å². The van der Waals surface area contributed by atoms with Crippen molar-refractivity contribution in [2.75, 3.05) is 0 Å². The number of aromatic nitrogens is 4. The van der Waals surface area contributed by atoms with Crippen molar-refractivity contribution in [3.8, 4) is 5.69 Å². The number of hydrogen-bond donors (Lipinski definition) is 0. The van der Waals surface area contributed by atoms with Crippen LogP contribution in [0.5, 0.6) is 0 Å². The van der Waals surface area contributed by atoms with Crippen LogP contribution in [-0.2, 0) is 6.54 Å². The van der Waals surface area contributed by atoms with E-state index in [9.17, 15) is 14.9 Å². The van der Waals surface area contributed by atoms with E-state index in [1.807, 2.05) is 0 Å². The van der Waals surface area contributed by atoms with Gasteiger partial charge in [0.1, 0.15) is 0 Å². The van der Waals surface area contributed by atoms with Gasteiger partial charge in [-0.05, 0) is 41.3 Å². The maximum absolute atomic E-state index is 12.3. The zero-order valence-electron chi connectivity index (χ0n) is 14.9. The smallest absolute Gasteiger partial charge is 1.00 e. The Labute approximate surface area is 190 Å². The van der Waals surface area contributed by atoms with E-state index in [4.69, 9.17) is 0 Å². The van der Waals surface area contributed by atoms with Gasteiger partial charge in [-0.3, -0.25) is 10.1 Å². The minimum absolute atomic E-state index is 0. The number of nitro benzene ring substituents is 1. The van der Waals surface area contributed by atoms with E-state index in [-0.39, 0.29) is 64.9 Å². The molecule has 0 amide bonds. The van der Waals surface area contributed by atoms with Crippen molar-refractivity contribution in [1.82, 2.24) is 19.8 Å². The van der Waals surface area contributed by atoms with Crippen LogP contribution in [0.15, 0.2) is 29.1 Å². The normalized spacial score (nSPS) is 14.3. The molecule has 1 aliphatic rings. The zero-order chi connectivity index (χ0) is 16.9. The molecule has 1 aromatic carbocycles. The number of rotatable bonds is 6. The Morgan fingerprint density at radius 3 is 2.38 bits per heavy atom. The van der Waals surface area contributed by atoms with Gasteiger partial charge in [0.15, 0.2) is 0 Å². The summed E-state index contributed by atoms with van der Waals surface area (Å²) >= 11 is 0. The van der Waals surface area contributed by atoms with Gasteiger partial charge < -0.3 is 24.0 Å². The molecule has 0 spiro atoms. The van der Waals surface area contributed by atoms with Gasteiger partial charge in [0, 0.05) is 18.7 Å². The third kappa shape index (κ3) is 5.86. The summed E-state index contributed by atoms with van der Waals surface area (Å²) in [5.74, 6) is 0.777. The van der Waals surface area contributed by atoms with Crippen LogP contribution < -0.4 is 59.2 Å². The Balaban J connectivity index is 0.00000169. The molecule has 1 saturated carbocycles. The van der Waals surface area contributed by atoms with E-state index in [2.05, 4.69) is 10.4 Å². The monoisotopic (exact) mass is 481 g/mol. The summed E-state index contributed by atoms with van der Waals surface area (Å²) in [6.45, 7) is 0.558. The molecular formula is C16H21IN5NaO3. The van der Waals surface area contributed by atoms with E-state index in [1.54, 1.807) is 0 Å². The standard InChI is InChI=1S/C16H21N5O3.HI.Na/c22-16-19(12-4-7-13-5-2-1-3-6-13)17-18-20(16)14-8-10-15(11-9-14)21(23)24;;/h8-11,13H,1-7,12H2;1H;/q;;+1/p-1. The Hall–Kier alpha value is -0.780. The first-order chi connectivity index (χ1) is 11.6. The maximum Gasteiger partial charge on any atom is 1.00 e. The first-order valence-corrected chi connectivity index (χ1v) is 8.43. The molecule has 0 radical (unpaired) electrons. The van der Waals surface area contributed by atoms with Crippen molar-refractivity contribution in [3.63, 3.8) is 0 Å². The second kappa shape index (κ2) is 11.2. The number of non-ortho nitro benzene ring substituents is 1. The SMILES string of the molecule is O=c1n(CCCC2CCCCC2)nnn1-c1ccc([N+](=O)[O-])cc1.[I-].[Na+]. The Morgan fingerprint density at radius 2 is 1.77 bits per heavy atom. The zero-order valence-corrected chi connectivity index (χ0v) is 19.0. The predicted octanol–water partition coefficient (Wildman–Crippen LogP) is -3.29. The van der Waals surface area contributed by atoms with Gasteiger partial charge in [0.2, 0.25) is 0 Å². The number of aryl methyl sites for hydroxylation is 1. The van der Waals surface area contributed by atoms with Crippen molar-refractivity contribution < 1.29 is 58.5 Å². The van der Waals surface area contributed by atoms with Crippen LogP contribution in [0.3, 0.4) is 0 Å². The molecule has 1 aromatic heterocycles. The summed E-state index contributed by atoms with van der Waals surface area (Å²) in [5.41, 5.74) is 0.142. The van der Waals surface area contributed by atoms with E-state index < -0.39 is 4.92 Å². The first kappa shape index (κ1) is 23.3. The molecule has 0 atom stereocenters. The number of tetrazole rings is 1. The van der Waals surface area contributed by atoms with Crippen molar-refractivity contribution >= 4 is 5.69 Å². The van der Waals surface area contributed by atoms with Gasteiger partial charge in [-0.1, -0.05) is 32.1 Å². The molecule has 3 rings (SSSR count).